The van der Waals surface area contributed by atoms with E-state index in [0.29, 0.717) is 31.5 Å². The number of aryl methyl sites for hydroxylation is 1. The minimum absolute atomic E-state index is 0.0376. The summed E-state index contributed by atoms with van der Waals surface area (Å²) in [5, 5.41) is 12.0. The smallest absolute Gasteiger partial charge is 0.255 e. The number of nitrogens with zero attached hydrogens (tertiary/aromatic N) is 3. The van der Waals surface area contributed by atoms with Crippen LogP contribution in [0.1, 0.15) is 53.6 Å². The van der Waals surface area contributed by atoms with Crippen molar-refractivity contribution in [2.24, 2.45) is 0 Å². The molecule has 0 N–H and O–H groups in total. The molecule has 3 heterocycles. The van der Waals surface area contributed by atoms with Gasteiger partial charge in [0.1, 0.15) is 0 Å². The summed E-state index contributed by atoms with van der Waals surface area (Å²) >= 11 is 1.54. The van der Waals surface area contributed by atoms with E-state index in [1.165, 1.54) is 0 Å². The van der Waals surface area contributed by atoms with Crippen LogP contribution >= 0.6 is 11.3 Å². The average Bonchev–Trinajstić information content (AvgIpc) is 3.15. The third-order valence-corrected chi connectivity index (χ3v) is 4.53. The van der Waals surface area contributed by atoms with Crippen LogP contribution in [0.25, 0.3) is 0 Å². The summed E-state index contributed by atoms with van der Waals surface area (Å²) in [4.78, 5) is 14.4. The van der Waals surface area contributed by atoms with Gasteiger partial charge in [0.2, 0.25) is 11.8 Å². The molecule has 0 aromatic carbocycles. The van der Waals surface area contributed by atoms with Crippen LogP contribution < -0.4 is 0 Å². The predicted molar refractivity (Wildman–Crippen MR) is 82.0 cm³/mol. The average molecular weight is 321 g/mol. The van der Waals surface area contributed by atoms with Crippen molar-refractivity contribution < 1.29 is 13.9 Å². The summed E-state index contributed by atoms with van der Waals surface area (Å²) < 4.78 is 11.3. The predicted octanol–water partition coefficient (Wildman–Crippen LogP) is 2.78. The van der Waals surface area contributed by atoms with Crippen LogP contribution in [0.5, 0.6) is 0 Å². The Labute approximate surface area is 133 Å². The summed E-state index contributed by atoms with van der Waals surface area (Å²) in [6.07, 6.45) is -0.350. The Bertz CT molecular complexity index is 665. The standard InChI is InChI=1S/C15H19N3O3S/c1-9(2)13-16-17-14(21-13)12-6-18(4-5-20-12)15(19)11-8-22-7-10(11)3/h7-9,12H,4-6H2,1-3H3. The van der Waals surface area contributed by atoms with Crippen molar-refractivity contribution in [3.8, 4) is 0 Å². The van der Waals surface area contributed by atoms with Crippen LogP contribution in [0, 0.1) is 6.92 Å². The van der Waals surface area contributed by atoms with Crippen LogP contribution in [0.15, 0.2) is 15.2 Å². The summed E-state index contributed by atoms with van der Waals surface area (Å²) in [7, 11) is 0. The van der Waals surface area contributed by atoms with E-state index in [1.54, 1.807) is 16.2 Å². The molecule has 2 aromatic rings. The number of carbonyl (C=O) groups is 1. The van der Waals surface area contributed by atoms with Crippen LogP contribution in [0.4, 0.5) is 0 Å². The van der Waals surface area contributed by atoms with Crippen molar-refractivity contribution in [2.45, 2.75) is 32.8 Å². The zero-order chi connectivity index (χ0) is 15.7. The van der Waals surface area contributed by atoms with E-state index in [-0.39, 0.29) is 17.9 Å². The molecular weight excluding hydrogens is 302 g/mol. The molecule has 1 unspecified atom stereocenters. The lowest BCUT2D eigenvalue weighted by Crippen LogP contribution is -2.42. The molecule has 1 fully saturated rings. The SMILES string of the molecule is Cc1cscc1C(=O)N1CCOC(c2nnc(C(C)C)o2)C1. The maximum Gasteiger partial charge on any atom is 0.255 e. The van der Waals surface area contributed by atoms with E-state index in [2.05, 4.69) is 10.2 Å². The molecule has 0 aliphatic carbocycles. The summed E-state index contributed by atoms with van der Waals surface area (Å²) in [5.41, 5.74) is 1.77. The molecule has 0 saturated carbocycles. The minimum atomic E-state index is -0.350. The minimum Gasteiger partial charge on any atom is -0.422 e. The summed E-state index contributed by atoms with van der Waals surface area (Å²) in [6.45, 7) is 7.43. The first-order valence-electron chi connectivity index (χ1n) is 7.33. The van der Waals surface area contributed by atoms with Crippen molar-refractivity contribution in [2.75, 3.05) is 19.7 Å². The molecule has 118 valence electrons. The van der Waals surface area contributed by atoms with Gasteiger partial charge in [0.05, 0.1) is 18.7 Å². The molecule has 0 spiro atoms. The van der Waals surface area contributed by atoms with Gasteiger partial charge in [0, 0.05) is 17.8 Å². The van der Waals surface area contributed by atoms with Gasteiger partial charge in [0.15, 0.2) is 6.10 Å². The molecule has 1 atom stereocenters. The highest BCUT2D eigenvalue weighted by molar-refractivity contribution is 7.08. The molecule has 22 heavy (non-hydrogen) atoms. The van der Waals surface area contributed by atoms with Gasteiger partial charge in [-0.25, -0.2) is 0 Å². The van der Waals surface area contributed by atoms with Gasteiger partial charge in [-0.05, 0) is 17.9 Å². The fourth-order valence-corrected chi connectivity index (χ4v) is 3.17. The van der Waals surface area contributed by atoms with Crippen molar-refractivity contribution in [1.29, 1.82) is 0 Å². The number of rotatable bonds is 3. The van der Waals surface area contributed by atoms with E-state index in [4.69, 9.17) is 9.15 Å². The highest BCUT2D eigenvalue weighted by Crippen LogP contribution is 2.25. The van der Waals surface area contributed by atoms with E-state index in [1.807, 2.05) is 31.5 Å². The van der Waals surface area contributed by atoms with Gasteiger partial charge in [0.25, 0.3) is 5.91 Å². The fraction of sp³-hybridized carbons (Fsp3) is 0.533. The first-order valence-corrected chi connectivity index (χ1v) is 8.27. The van der Waals surface area contributed by atoms with Gasteiger partial charge < -0.3 is 14.1 Å². The number of hydrogen-bond donors (Lipinski definition) is 0. The summed E-state index contributed by atoms with van der Waals surface area (Å²) in [5.74, 6) is 1.26. The highest BCUT2D eigenvalue weighted by atomic mass is 32.1. The Kier molecular flexibility index (Phi) is 4.26. The van der Waals surface area contributed by atoms with Crippen molar-refractivity contribution in [3.05, 3.63) is 33.7 Å². The highest BCUT2D eigenvalue weighted by Gasteiger charge is 2.30. The largest absolute Gasteiger partial charge is 0.422 e. The molecule has 6 nitrogen and oxygen atoms in total. The van der Waals surface area contributed by atoms with Crippen LogP contribution in [-0.2, 0) is 4.74 Å². The molecule has 1 saturated heterocycles. The number of amides is 1. The molecule has 2 aromatic heterocycles. The molecule has 0 radical (unpaired) electrons. The van der Waals surface area contributed by atoms with Crippen LogP contribution in [0.2, 0.25) is 0 Å². The Hall–Kier alpha value is -1.73. The number of aromatic nitrogens is 2. The normalized spacial score (nSPS) is 18.9. The Morgan fingerprint density at radius 1 is 1.41 bits per heavy atom. The van der Waals surface area contributed by atoms with Crippen molar-refractivity contribution in [3.63, 3.8) is 0 Å². The molecule has 7 heteroatoms. The lowest BCUT2D eigenvalue weighted by atomic mass is 10.1. The Morgan fingerprint density at radius 3 is 2.86 bits per heavy atom. The van der Waals surface area contributed by atoms with E-state index in [0.717, 1.165) is 11.1 Å². The van der Waals surface area contributed by atoms with E-state index >= 15 is 0 Å². The molecule has 1 amide bonds. The first kappa shape index (κ1) is 15.2. The monoisotopic (exact) mass is 321 g/mol. The Morgan fingerprint density at radius 2 is 2.23 bits per heavy atom. The topological polar surface area (TPSA) is 68.5 Å². The third kappa shape index (κ3) is 2.91. The number of morpholine rings is 1. The van der Waals surface area contributed by atoms with Gasteiger partial charge in [-0.3, -0.25) is 4.79 Å². The number of carbonyl (C=O) groups excluding carboxylic acids is 1. The lowest BCUT2D eigenvalue weighted by molar-refractivity contribution is -0.0351. The van der Waals surface area contributed by atoms with E-state index in [9.17, 15) is 4.79 Å². The number of hydrogen-bond acceptors (Lipinski definition) is 6. The van der Waals surface area contributed by atoms with E-state index < -0.39 is 0 Å². The van der Waals surface area contributed by atoms with Gasteiger partial charge >= 0.3 is 0 Å². The third-order valence-electron chi connectivity index (χ3n) is 3.67. The second kappa shape index (κ2) is 6.18. The maximum atomic E-state index is 12.6. The van der Waals surface area contributed by atoms with Crippen LogP contribution in [0.3, 0.4) is 0 Å². The fourth-order valence-electron chi connectivity index (χ4n) is 2.34. The van der Waals surface area contributed by atoms with Gasteiger partial charge in [-0.2, -0.15) is 11.3 Å². The van der Waals surface area contributed by atoms with Crippen molar-refractivity contribution in [1.82, 2.24) is 15.1 Å². The quantitative estimate of drug-likeness (QED) is 0.869. The molecule has 0 bridgehead atoms. The van der Waals surface area contributed by atoms with Crippen molar-refractivity contribution >= 4 is 17.2 Å². The summed E-state index contributed by atoms with van der Waals surface area (Å²) in [6, 6.07) is 0. The number of ether oxygens (including phenoxy) is 1. The number of thiophene rings is 1. The second-order valence-corrected chi connectivity index (χ2v) is 6.46. The lowest BCUT2D eigenvalue weighted by Gasteiger charge is -2.31. The van der Waals surface area contributed by atoms with Crippen LogP contribution in [-0.4, -0.2) is 40.7 Å². The molecular formula is C15H19N3O3S. The molecule has 1 aliphatic heterocycles. The second-order valence-electron chi connectivity index (χ2n) is 5.71. The molecule has 1 aliphatic rings. The Balaban J connectivity index is 1.73. The van der Waals surface area contributed by atoms with Gasteiger partial charge in [-0.15, -0.1) is 10.2 Å². The maximum absolute atomic E-state index is 12.6. The zero-order valence-corrected chi connectivity index (χ0v) is 13.7. The van der Waals surface area contributed by atoms with Gasteiger partial charge in [-0.1, -0.05) is 13.8 Å². The first-order chi connectivity index (χ1) is 10.6. The molecule has 3 rings (SSSR count). The zero-order valence-electron chi connectivity index (χ0n) is 12.9.